The van der Waals surface area contributed by atoms with Crippen LogP contribution in [0, 0.1) is 0 Å². The molecule has 1 aliphatic rings. The van der Waals surface area contributed by atoms with Gasteiger partial charge in [-0.3, -0.25) is 0 Å². The lowest BCUT2D eigenvalue weighted by Gasteiger charge is -2.12. The van der Waals surface area contributed by atoms with Gasteiger partial charge in [0.15, 0.2) is 0 Å². The monoisotopic (exact) mass is 358 g/mol. The normalized spacial score (nSPS) is 12.9. The van der Waals surface area contributed by atoms with Gasteiger partial charge in [-0.25, -0.2) is 0 Å². The molecule has 0 unspecified atom stereocenters. The first kappa shape index (κ1) is 17.4. The SMILES string of the molecule is COc1ccc(C2=C(c3ccccc3)c3cc(OC)cc(CO)c3C2)cc1. The Bertz CT molecular complexity index is 986. The van der Waals surface area contributed by atoms with Gasteiger partial charge in [0.2, 0.25) is 0 Å². The molecule has 3 heteroatoms. The summed E-state index contributed by atoms with van der Waals surface area (Å²) < 4.78 is 10.8. The molecule has 0 heterocycles. The smallest absolute Gasteiger partial charge is 0.119 e. The van der Waals surface area contributed by atoms with Crippen LogP contribution in [0.15, 0.2) is 66.7 Å². The van der Waals surface area contributed by atoms with E-state index < -0.39 is 0 Å². The van der Waals surface area contributed by atoms with E-state index in [9.17, 15) is 5.11 Å². The van der Waals surface area contributed by atoms with Crippen LogP contribution in [0.5, 0.6) is 11.5 Å². The van der Waals surface area contributed by atoms with Crippen LogP contribution in [0.3, 0.4) is 0 Å². The molecule has 0 fully saturated rings. The maximum atomic E-state index is 9.91. The second-order valence-corrected chi connectivity index (χ2v) is 6.60. The van der Waals surface area contributed by atoms with E-state index in [2.05, 4.69) is 42.5 Å². The minimum Gasteiger partial charge on any atom is -0.497 e. The number of ether oxygens (including phenoxy) is 2. The van der Waals surface area contributed by atoms with Crippen molar-refractivity contribution in [1.82, 2.24) is 0 Å². The number of hydrogen-bond donors (Lipinski definition) is 1. The minimum atomic E-state index is -0.00248. The van der Waals surface area contributed by atoms with Crippen LogP contribution < -0.4 is 9.47 Å². The first-order chi connectivity index (χ1) is 13.2. The lowest BCUT2D eigenvalue weighted by atomic mass is 9.94. The van der Waals surface area contributed by atoms with Crippen molar-refractivity contribution in [3.63, 3.8) is 0 Å². The molecule has 0 amide bonds. The molecule has 1 aliphatic carbocycles. The van der Waals surface area contributed by atoms with Crippen molar-refractivity contribution < 1.29 is 14.6 Å². The number of hydrogen-bond acceptors (Lipinski definition) is 3. The molecule has 3 aromatic rings. The molecule has 4 rings (SSSR count). The predicted octanol–water partition coefficient (Wildman–Crippen LogP) is 4.71. The molecule has 1 N–H and O–H groups in total. The first-order valence-electron chi connectivity index (χ1n) is 8.99. The van der Waals surface area contributed by atoms with Gasteiger partial charge >= 0.3 is 0 Å². The third-order valence-corrected chi connectivity index (χ3v) is 5.15. The molecular weight excluding hydrogens is 336 g/mol. The van der Waals surface area contributed by atoms with Gasteiger partial charge in [-0.05, 0) is 69.6 Å². The molecule has 0 atom stereocenters. The summed E-state index contributed by atoms with van der Waals surface area (Å²) >= 11 is 0. The average molecular weight is 358 g/mol. The van der Waals surface area contributed by atoms with Gasteiger partial charge in [0, 0.05) is 0 Å². The van der Waals surface area contributed by atoms with Crippen molar-refractivity contribution in [2.45, 2.75) is 13.0 Å². The molecule has 27 heavy (non-hydrogen) atoms. The lowest BCUT2D eigenvalue weighted by molar-refractivity contribution is 0.280. The van der Waals surface area contributed by atoms with E-state index in [0.29, 0.717) is 0 Å². The molecule has 0 aromatic heterocycles. The van der Waals surface area contributed by atoms with E-state index in [1.807, 2.05) is 24.3 Å². The fraction of sp³-hybridized carbons (Fsp3) is 0.167. The molecule has 0 radical (unpaired) electrons. The van der Waals surface area contributed by atoms with Crippen LogP contribution in [0.25, 0.3) is 11.1 Å². The second-order valence-electron chi connectivity index (χ2n) is 6.60. The van der Waals surface area contributed by atoms with E-state index in [1.54, 1.807) is 14.2 Å². The van der Waals surface area contributed by atoms with Crippen molar-refractivity contribution in [3.8, 4) is 11.5 Å². The maximum absolute atomic E-state index is 9.91. The van der Waals surface area contributed by atoms with Crippen molar-refractivity contribution in [2.75, 3.05) is 14.2 Å². The second kappa shape index (κ2) is 7.29. The number of rotatable bonds is 5. The maximum Gasteiger partial charge on any atom is 0.119 e. The predicted molar refractivity (Wildman–Crippen MR) is 108 cm³/mol. The molecule has 0 saturated heterocycles. The van der Waals surface area contributed by atoms with Gasteiger partial charge in [-0.1, -0.05) is 42.5 Å². The van der Waals surface area contributed by atoms with Crippen LogP contribution in [0.2, 0.25) is 0 Å². The zero-order valence-electron chi connectivity index (χ0n) is 15.5. The molecule has 0 spiro atoms. The molecular formula is C24H22O3. The quantitative estimate of drug-likeness (QED) is 0.718. The Balaban J connectivity index is 1.95. The summed E-state index contributed by atoms with van der Waals surface area (Å²) in [5.41, 5.74) is 8.00. The summed E-state index contributed by atoms with van der Waals surface area (Å²) in [6, 6.07) is 22.6. The van der Waals surface area contributed by atoms with Crippen molar-refractivity contribution in [2.24, 2.45) is 0 Å². The highest BCUT2D eigenvalue weighted by atomic mass is 16.5. The lowest BCUT2D eigenvalue weighted by Crippen LogP contribution is -1.97. The number of methoxy groups -OCH3 is 2. The Morgan fingerprint density at radius 1 is 0.815 bits per heavy atom. The number of aliphatic hydroxyl groups excluding tert-OH is 1. The summed E-state index contributed by atoms with van der Waals surface area (Å²) in [5, 5.41) is 9.91. The van der Waals surface area contributed by atoms with Gasteiger partial charge in [0.1, 0.15) is 11.5 Å². The molecule has 3 nitrogen and oxygen atoms in total. The van der Waals surface area contributed by atoms with Gasteiger partial charge in [-0.2, -0.15) is 0 Å². The summed E-state index contributed by atoms with van der Waals surface area (Å²) in [5.74, 6) is 1.61. The molecule has 0 saturated carbocycles. The van der Waals surface area contributed by atoms with Crippen LogP contribution in [-0.4, -0.2) is 19.3 Å². The van der Waals surface area contributed by atoms with Crippen LogP contribution in [0.4, 0.5) is 0 Å². The van der Waals surface area contributed by atoms with Crippen molar-refractivity contribution in [1.29, 1.82) is 0 Å². The third kappa shape index (κ3) is 3.11. The largest absolute Gasteiger partial charge is 0.497 e. The van der Waals surface area contributed by atoms with E-state index in [-0.39, 0.29) is 6.61 Å². The standard InChI is InChI=1S/C24H22O3/c1-26-19-10-8-16(9-11-19)22-14-21-18(15-25)12-20(27-2)13-23(21)24(22)17-6-4-3-5-7-17/h3-13,25H,14-15H2,1-2H3. The zero-order chi connectivity index (χ0) is 18.8. The van der Waals surface area contributed by atoms with Gasteiger partial charge < -0.3 is 14.6 Å². The molecule has 0 bridgehead atoms. The van der Waals surface area contributed by atoms with Crippen molar-refractivity contribution in [3.05, 3.63) is 94.5 Å². The highest BCUT2D eigenvalue weighted by molar-refractivity contribution is 6.04. The van der Waals surface area contributed by atoms with Gasteiger partial charge in [0.25, 0.3) is 0 Å². The topological polar surface area (TPSA) is 38.7 Å². The van der Waals surface area contributed by atoms with Gasteiger partial charge in [-0.15, -0.1) is 0 Å². The third-order valence-electron chi connectivity index (χ3n) is 5.15. The summed E-state index contributed by atoms with van der Waals surface area (Å²) in [7, 11) is 3.34. The zero-order valence-corrected chi connectivity index (χ0v) is 15.5. The number of fused-ring (bicyclic) bond motifs is 1. The van der Waals surface area contributed by atoms with E-state index in [1.165, 1.54) is 22.3 Å². The Morgan fingerprint density at radius 3 is 2.15 bits per heavy atom. The Kier molecular flexibility index (Phi) is 4.69. The van der Waals surface area contributed by atoms with Crippen LogP contribution in [0.1, 0.15) is 27.8 Å². The van der Waals surface area contributed by atoms with Gasteiger partial charge in [0.05, 0.1) is 20.8 Å². The average Bonchev–Trinajstić information content (AvgIpc) is 3.13. The molecule has 136 valence electrons. The highest BCUT2D eigenvalue weighted by Gasteiger charge is 2.26. The summed E-state index contributed by atoms with van der Waals surface area (Å²) in [6.07, 6.45) is 0.784. The van der Waals surface area contributed by atoms with Crippen LogP contribution in [-0.2, 0) is 13.0 Å². The highest BCUT2D eigenvalue weighted by Crippen LogP contribution is 2.45. The first-order valence-corrected chi connectivity index (χ1v) is 8.99. The number of aliphatic hydroxyl groups is 1. The van der Waals surface area contributed by atoms with Crippen LogP contribution >= 0.6 is 0 Å². The van der Waals surface area contributed by atoms with Crippen molar-refractivity contribution >= 4 is 11.1 Å². The fourth-order valence-electron chi connectivity index (χ4n) is 3.79. The minimum absolute atomic E-state index is 0.00248. The summed E-state index contributed by atoms with van der Waals surface area (Å²) in [4.78, 5) is 0. The van der Waals surface area contributed by atoms with E-state index >= 15 is 0 Å². The number of allylic oxidation sites excluding steroid dienone is 1. The number of benzene rings is 3. The summed E-state index contributed by atoms with van der Waals surface area (Å²) in [6.45, 7) is -0.00248. The Hall–Kier alpha value is -3.04. The molecule has 0 aliphatic heterocycles. The van der Waals surface area contributed by atoms with E-state index in [4.69, 9.17) is 9.47 Å². The Morgan fingerprint density at radius 2 is 1.52 bits per heavy atom. The fourth-order valence-corrected chi connectivity index (χ4v) is 3.79. The molecule has 3 aromatic carbocycles. The Labute approximate surface area is 159 Å². The van der Waals surface area contributed by atoms with E-state index in [0.717, 1.165) is 34.6 Å².